The number of fused-ring (bicyclic) bond motifs is 2. The standard InChI is InChI=1S/C68H52Si2/c1-69(2,61-40-31-50-22-20-44-14-10-16-46-28-38-58(61)67(50)63(44)46)53-33-24-48(25-34-53)65-55-18-8-9-19-56(55)66(60-42-52(30-37-57(60)65)43-12-6-5-7-13-43)49-26-35-54(36-27-49)70(3,4)62-41-32-51-23-21-45-15-11-17-47-29-39-59(62)68(51)64(45)47/h5-21,23-42,63H,22H2,1-4H3. The molecule has 0 aliphatic heterocycles. The molecule has 11 aromatic rings. The van der Waals surface area contributed by atoms with Gasteiger partial charge in [0, 0.05) is 5.92 Å². The van der Waals surface area contributed by atoms with Gasteiger partial charge in [-0.3, -0.25) is 0 Å². The van der Waals surface area contributed by atoms with E-state index < -0.39 is 16.1 Å². The largest absolute Gasteiger partial charge is 0.113 e. The molecule has 3 aliphatic rings. The quantitative estimate of drug-likeness (QED) is 0.0849. The summed E-state index contributed by atoms with van der Waals surface area (Å²) in [4.78, 5) is 0. The highest BCUT2D eigenvalue weighted by molar-refractivity contribution is 7.02. The van der Waals surface area contributed by atoms with Crippen molar-refractivity contribution >= 4 is 96.8 Å². The molecule has 0 fully saturated rings. The third kappa shape index (κ3) is 6.13. The Balaban J connectivity index is 0.892. The van der Waals surface area contributed by atoms with Crippen molar-refractivity contribution in [2.24, 2.45) is 0 Å². The zero-order valence-electron chi connectivity index (χ0n) is 40.1. The van der Waals surface area contributed by atoms with Gasteiger partial charge in [0.1, 0.15) is 16.1 Å². The average molecular weight is 925 g/mol. The second-order valence-corrected chi connectivity index (χ2v) is 29.8. The van der Waals surface area contributed by atoms with Crippen LogP contribution in [-0.2, 0) is 6.42 Å². The summed E-state index contributed by atoms with van der Waals surface area (Å²) in [6, 6.07) is 72.4. The molecule has 14 rings (SSSR count). The van der Waals surface area contributed by atoms with Crippen molar-refractivity contribution in [2.45, 2.75) is 38.5 Å². The Bertz CT molecular complexity index is 4090. The zero-order valence-corrected chi connectivity index (χ0v) is 42.1. The zero-order chi connectivity index (χ0) is 46.9. The molecule has 2 heteroatoms. The number of rotatable bonds is 7. The van der Waals surface area contributed by atoms with E-state index in [2.05, 4.69) is 251 Å². The van der Waals surface area contributed by atoms with E-state index in [1.807, 2.05) is 0 Å². The van der Waals surface area contributed by atoms with Crippen LogP contribution in [0.4, 0.5) is 0 Å². The second kappa shape index (κ2) is 15.4. The highest BCUT2D eigenvalue weighted by Crippen LogP contribution is 2.47. The van der Waals surface area contributed by atoms with E-state index in [9.17, 15) is 0 Å². The first-order chi connectivity index (χ1) is 34.2. The van der Waals surface area contributed by atoms with Gasteiger partial charge in [-0.1, -0.05) is 255 Å². The molecule has 0 saturated heterocycles. The lowest BCUT2D eigenvalue weighted by atomic mass is 9.71. The van der Waals surface area contributed by atoms with Crippen LogP contribution in [0.1, 0.15) is 22.6 Å². The summed E-state index contributed by atoms with van der Waals surface area (Å²) in [5.74, 6) is 0.365. The molecule has 0 bridgehead atoms. The van der Waals surface area contributed by atoms with Gasteiger partial charge in [0.25, 0.3) is 0 Å². The Kier molecular flexibility index (Phi) is 9.12. The lowest BCUT2D eigenvalue weighted by Gasteiger charge is -2.36. The minimum atomic E-state index is -2.15. The predicted molar refractivity (Wildman–Crippen MR) is 309 cm³/mol. The molecule has 70 heavy (non-hydrogen) atoms. The van der Waals surface area contributed by atoms with Crippen LogP contribution in [0.15, 0.2) is 230 Å². The smallest absolute Gasteiger partial charge is 0.0759 e. The maximum atomic E-state index is 2.55. The van der Waals surface area contributed by atoms with Gasteiger partial charge < -0.3 is 0 Å². The molecule has 0 heterocycles. The summed E-state index contributed by atoms with van der Waals surface area (Å²) in [6.07, 6.45) is 15.1. The molecule has 0 spiro atoms. The van der Waals surface area contributed by atoms with Crippen molar-refractivity contribution in [2.75, 3.05) is 0 Å². The van der Waals surface area contributed by atoms with E-state index >= 15 is 0 Å². The van der Waals surface area contributed by atoms with Crippen molar-refractivity contribution in [3.05, 3.63) is 246 Å². The fourth-order valence-corrected chi connectivity index (χ4v) is 18.4. The molecule has 3 aliphatic carbocycles. The molecule has 1 unspecified atom stereocenters. The van der Waals surface area contributed by atoms with E-state index in [0.717, 1.165) is 6.42 Å². The molecule has 0 saturated carbocycles. The molecule has 0 aromatic heterocycles. The Morgan fingerprint density at radius 1 is 0.400 bits per heavy atom. The van der Waals surface area contributed by atoms with Crippen molar-refractivity contribution in [3.63, 3.8) is 0 Å². The summed E-state index contributed by atoms with van der Waals surface area (Å²) in [5, 5.41) is 19.2. The minimum absolute atomic E-state index is 0.365. The van der Waals surface area contributed by atoms with Gasteiger partial charge in [-0.2, -0.15) is 0 Å². The Morgan fingerprint density at radius 2 is 0.971 bits per heavy atom. The first kappa shape index (κ1) is 41.4. The van der Waals surface area contributed by atoms with Crippen LogP contribution in [-0.4, -0.2) is 16.1 Å². The van der Waals surface area contributed by atoms with Gasteiger partial charge in [0.2, 0.25) is 0 Å². The Morgan fingerprint density at radius 3 is 1.69 bits per heavy atom. The summed E-state index contributed by atoms with van der Waals surface area (Å²) >= 11 is 0. The number of allylic oxidation sites excluding steroid dienone is 7. The van der Waals surface area contributed by atoms with Crippen LogP contribution >= 0.6 is 0 Å². The third-order valence-electron chi connectivity index (χ3n) is 16.7. The summed E-state index contributed by atoms with van der Waals surface area (Å²) in [5.41, 5.74) is 14.9. The summed E-state index contributed by atoms with van der Waals surface area (Å²) < 4.78 is 0. The molecule has 0 amide bonds. The van der Waals surface area contributed by atoms with Crippen LogP contribution in [0.25, 0.3) is 93.3 Å². The van der Waals surface area contributed by atoms with Crippen molar-refractivity contribution in [1.29, 1.82) is 0 Å². The topological polar surface area (TPSA) is 0 Å². The lowest BCUT2D eigenvalue weighted by Crippen LogP contribution is -2.54. The highest BCUT2D eigenvalue weighted by atomic mass is 28.3. The molecule has 0 nitrogen and oxygen atoms in total. The van der Waals surface area contributed by atoms with Crippen LogP contribution in [0.2, 0.25) is 26.2 Å². The minimum Gasteiger partial charge on any atom is -0.0759 e. The number of benzene rings is 11. The van der Waals surface area contributed by atoms with E-state index in [-0.39, 0.29) is 0 Å². The van der Waals surface area contributed by atoms with E-state index in [1.165, 1.54) is 130 Å². The summed E-state index contributed by atoms with van der Waals surface area (Å²) in [6.45, 7) is 10.2. The average Bonchev–Trinajstić information content (AvgIpc) is 3.41. The molecular formula is C68H52Si2. The van der Waals surface area contributed by atoms with Gasteiger partial charge in [-0.15, -0.1) is 0 Å². The number of hydrogen-bond donors (Lipinski definition) is 0. The molecule has 11 aromatic carbocycles. The van der Waals surface area contributed by atoms with Crippen molar-refractivity contribution < 1.29 is 0 Å². The monoisotopic (exact) mass is 924 g/mol. The lowest BCUT2D eigenvalue weighted by molar-refractivity contribution is 0.894. The van der Waals surface area contributed by atoms with Crippen LogP contribution in [0.5, 0.6) is 0 Å². The van der Waals surface area contributed by atoms with Gasteiger partial charge in [-0.05, 0) is 138 Å². The highest BCUT2D eigenvalue weighted by Gasteiger charge is 2.36. The molecule has 1 atom stereocenters. The number of hydrogen-bond acceptors (Lipinski definition) is 0. The van der Waals surface area contributed by atoms with Crippen molar-refractivity contribution in [1.82, 2.24) is 0 Å². The van der Waals surface area contributed by atoms with Gasteiger partial charge in [-0.25, -0.2) is 0 Å². The molecular weight excluding hydrogens is 873 g/mol. The van der Waals surface area contributed by atoms with Crippen molar-refractivity contribution in [3.8, 4) is 33.4 Å². The fourth-order valence-electron chi connectivity index (χ4n) is 13.0. The predicted octanol–water partition coefficient (Wildman–Crippen LogP) is 15.6. The van der Waals surface area contributed by atoms with Crippen LogP contribution in [0.3, 0.4) is 0 Å². The third-order valence-corrected chi connectivity index (χ3v) is 23.8. The first-order valence-electron chi connectivity index (χ1n) is 25.1. The van der Waals surface area contributed by atoms with Gasteiger partial charge in [0.15, 0.2) is 0 Å². The SMILES string of the molecule is C[Si](C)(c1ccc(-c2c3ccccc3c(-c3ccc([Si](C)(C)c4ccc5ccc6cccc7ccc4c5c67)cc3)c3cc(-c4ccccc4)ccc23)cc1)c1ccc2c3c1C=CC1=CC=CC(=CC2)C13. The molecule has 0 radical (unpaired) electrons. The van der Waals surface area contributed by atoms with Crippen LogP contribution < -0.4 is 20.7 Å². The van der Waals surface area contributed by atoms with Gasteiger partial charge in [0.05, 0.1) is 0 Å². The fraction of sp³-hybridized carbons (Fsp3) is 0.0882. The molecule has 0 N–H and O–H groups in total. The van der Waals surface area contributed by atoms with Crippen LogP contribution in [0, 0.1) is 0 Å². The van der Waals surface area contributed by atoms with E-state index in [0.29, 0.717) is 5.92 Å². The summed E-state index contributed by atoms with van der Waals surface area (Å²) in [7, 11) is -4.27. The maximum absolute atomic E-state index is 2.55. The molecule has 332 valence electrons. The van der Waals surface area contributed by atoms with E-state index in [1.54, 1.807) is 5.56 Å². The Labute approximate surface area is 412 Å². The van der Waals surface area contributed by atoms with Gasteiger partial charge >= 0.3 is 0 Å². The van der Waals surface area contributed by atoms with E-state index in [4.69, 9.17) is 0 Å². The Hall–Kier alpha value is -7.63. The maximum Gasteiger partial charge on any atom is 0.113 e. The first-order valence-corrected chi connectivity index (χ1v) is 31.1. The normalized spacial score (nSPS) is 15.3. The second-order valence-electron chi connectivity index (χ2n) is 21.1.